The number of para-hydroxylation sites is 2. The second-order valence-electron chi connectivity index (χ2n) is 9.33. The zero-order valence-electron chi connectivity index (χ0n) is 17.6. The number of rotatable bonds is 2. The molecule has 3 nitrogen and oxygen atoms in total. The molecule has 1 heterocycles. The SMILES string of the molecule is Cc1ccc(/C=C2/C(=Nc3cnc4ccccc4n3)C3(C)CCC2C3(C)C)cc1. The Kier molecular flexibility index (Phi) is 3.99. The Labute approximate surface area is 172 Å². The molecular weight excluding hydrogens is 354 g/mol. The van der Waals surface area contributed by atoms with Crippen molar-refractivity contribution in [2.24, 2.45) is 21.7 Å². The number of aromatic nitrogens is 2. The first-order chi connectivity index (χ1) is 13.9. The summed E-state index contributed by atoms with van der Waals surface area (Å²) in [6, 6.07) is 16.7. The van der Waals surface area contributed by atoms with E-state index in [1.807, 2.05) is 24.3 Å². The number of nitrogens with zero attached hydrogens (tertiary/aromatic N) is 3. The third kappa shape index (κ3) is 2.75. The summed E-state index contributed by atoms with van der Waals surface area (Å²) in [5.41, 5.74) is 7.15. The molecular formula is C26H27N3. The van der Waals surface area contributed by atoms with Crippen molar-refractivity contribution in [3.63, 3.8) is 0 Å². The average Bonchev–Trinajstić information content (AvgIpc) is 3.03. The second-order valence-corrected chi connectivity index (χ2v) is 9.33. The van der Waals surface area contributed by atoms with Gasteiger partial charge in [-0.15, -0.1) is 0 Å². The highest BCUT2D eigenvalue weighted by Gasteiger charge is 2.62. The molecule has 0 amide bonds. The maximum absolute atomic E-state index is 5.13. The summed E-state index contributed by atoms with van der Waals surface area (Å²) in [6.45, 7) is 9.32. The van der Waals surface area contributed by atoms with Crippen molar-refractivity contribution in [2.75, 3.05) is 0 Å². The largest absolute Gasteiger partial charge is 0.251 e. The molecule has 29 heavy (non-hydrogen) atoms. The van der Waals surface area contributed by atoms with Crippen molar-refractivity contribution in [3.8, 4) is 0 Å². The summed E-state index contributed by atoms with van der Waals surface area (Å²) in [4.78, 5) is 14.5. The Morgan fingerprint density at radius 3 is 2.48 bits per heavy atom. The van der Waals surface area contributed by atoms with Crippen LogP contribution in [0.2, 0.25) is 0 Å². The predicted octanol–water partition coefficient (Wildman–Crippen LogP) is 6.55. The fourth-order valence-corrected chi connectivity index (χ4v) is 5.27. The molecule has 2 aromatic carbocycles. The monoisotopic (exact) mass is 381 g/mol. The van der Waals surface area contributed by atoms with Crippen molar-refractivity contribution in [1.29, 1.82) is 0 Å². The maximum atomic E-state index is 5.13. The molecule has 3 aromatic rings. The first-order valence-corrected chi connectivity index (χ1v) is 10.5. The molecule has 2 atom stereocenters. The van der Waals surface area contributed by atoms with Gasteiger partial charge in [-0.3, -0.25) is 4.98 Å². The van der Waals surface area contributed by atoms with Crippen molar-refractivity contribution in [1.82, 2.24) is 9.97 Å². The van der Waals surface area contributed by atoms with Crippen LogP contribution in [0, 0.1) is 23.7 Å². The third-order valence-corrected chi connectivity index (χ3v) is 7.46. The Hall–Kier alpha value is -2.81. The van der Waals surface area contributed by atoms with Gasteiger partial charge in [0.15, 0.2) is 5.82 Å². The fraction of sp³-hybridized carbons (Fsp3) is 0.346. The minimum atomic E-state index is 0.0571. The van der Waals surface area contributed by atoms with Crippen LogP contribution in [0.15, 0.2) is 65.3 Å². The summed E-state index contributed by atoms with van der Waals surface area (Å²) < 4.78 is 0. The van der Waals surface area contributed by atoms with Crippen molar-refractivity contribution in [3.05, 3.63) is 71.4 Å². The van der Waals surface area contributed by atoms with Gasteiger partial charge in [0.05, 0.1) is 22.9 Å². The van der Waals surface area contributed by atoms with E-state index in [9.17, 15) is 0 Å². The smallest absolute Gasteiger partial charge is 0.171 e. The Morgan fingerprint density at radius 1 is 1.00 bits per heavy atom. The molecule has 2 aliphatic carbocycles. The van der Waals surface area contributed by atoms with Crippen molar-refractivity contribution < 1.29 is 0 Å². The van der Waals surface area contributed by atoms with Gasteiger partial charge in [-0.05, 0) is 60.4 Å². The van der Waals surface area contributed by atoms with Gasteiger partial charge in [-0.25, -0.2) is 9.98 Å². The Bertz CT molecular complexity index is 1150. The molecule has 2 fully saturated rings. The van der Waals surface area contributed by atoms with Crippen LogP contribution in [0.5, 0.6) is 0 Å². The van der Waals surface area contributed by atoms with E-state index in [4.69, 9.17) is 9.98 Å². The number of aryl methyl sites for hydroxylation is 1. The van der Waals surface area contributed by atoms with Crippen LogP contribution in [0.1, 0.15) is 44.7 Å². The highest BCUT2D eigenvalue weighted by Crippen LogP contribution is 2.66. The van der Waals surface area contributed by atoms with E-state index >= 15 is 0 Å². The van der Waals surface area contributed by atoms with Crippen LogP contribution >= 0.6 is 0 Å². The lowest BCUT2D eigenvalue weighted by Crippen LogP contribution is -2.32. The molecule has 2 saturated carbocycles. The number of hydrogen-bond acceptors (Lipinski definition) is 3. The van der Waals surface area contributed by atoms with Gasteiger partial charge in [-0.1, -0.05) is 62.7 Å². The zero-order valence-corrected chi connectivity index (χ0v) is 17.6. The molecule has 2 unspecified atom stereocenters. The van der Waals surface area contributed by atoms with Crippen LogP contribution in [-0.4, -0.2) is 15.7 Å². The number of fused-ring (bicyclic) bond motifs is 3. The first-order valence-electron chi connectivity index (χ1n) is 10.5. The van der Waals surface area contributed by atoms with Crippen LogP contribution in [0.4, 0.5) is 5.82 Å². The summed E-state index contributed by atoms with van der Waals surface area (Å²) in [5, 5.41) is 0. The summed E-state index contributed by atoms with van der Waals surface area (Å²) in [5.74, 6) is 1.24. The highest BCUT2D eigenvalue weighted by molar-refractivity contribution is 6.12. The van der Waals surface area contributed by atoms with E-state index in [0.29, 0.717) is 11.7 Å². The second kappa shape index (κ2) is 6.35. The summed E-state index contributed by atoms with van der Waals surface area (Å²) in [7, 11) is 0. The molecule has 0 radical (unpaired) electrons. The lowest BCUT2D eigenvalue weighted by Gasteiger charge is -2.34. The van der Waals surface area contributed by atoms with Gasteiger partial charge in [0.25, 0.3) is 0 Å². The van der Waals surface area contributed by atoms with Gasteiger partial charge in [0, 0.05) is 5.41 Å². The number of benzene rings is 2. The normalized spacial score (nSPS) is 27.9. The van der Waals surface area contributed by atoms with Gasteiger partial charge in [0.2, 0.25) is 0 Å². The van der Waals surface area contributed by atoms with Gasteiger partial charge >= 0.3 is 0 Å². The molecule has 0 spiro atoms. The van der Waals surface area contributed by atoms with Crippen LogP contribution in [-0.2, 0) is 0 Å². The minimum Gasteiger partial charge on any atom is -0.251 e. The van der Waals surface area contributed by atoms with Gasteiger partial charge in [0.1, 0.15) is 0 Å². The molecule has 0 aliphatic heterocycles. The van der Waals surface area contributed by atoms with Crippen molar-refractivity contribution >= 4 is 28.6 Å². The molecule has 0 saturated heterocycles. The molecule has 2 aliphatic rings. The van der Waals surface area contributed by atoms with E-state index in [-0.39, 0.29) is 10.8 Å². The van der Waals surface area contributed by atoms with Crippen molar-refractivity contribution in [2.45, 2.75) is 40.5 Å². The number of allylic oxidation sites excluding steroid dienone is 1. The standard InChI is InChI=1S/C26H27N3/c1-17-9-11-18(12-10-17)15-19-20-13-14-26(4,25(20,2)3)24(19)29-23-16-27-21-7-5-6-8-22(21)28-23/h5-12,15-16,20H,13-14H2,1-4H3/b19-15+,29-24?. The van der Waals surface area contributed by atoms with E-state index in [1.165, 1.54) is 35.3 Å². The first kappa shape index (κ1) is 18.2. The summed E-state index contributed by atoms with van der Waals surface area (Å²) in [6.07, 6.45) is 6.56. The molecule has 2 bridgehead atoms. The van der Waals surface area contributed by atoms with Crippen LogP contribution in [0.3, 0.4) is 0 Å². The fourth-order valence-electron chi connectivity index (χ4n) is 5.27. The molecule has 146 valence electrons. The predicted molar refractivity (Wildman–Crippen MR) is 120 cm³/mol. The Balaban J connectivity index is 1.66. The van der Waals surface area contributed by atoms with E-state index < -0.39 is 0 Å². The topological polar surface area (TPSA) is 38.1 Å². The van der Waals surface area contributed by atoms with E-state index in [1.54, 1.807) is 6.20 Å². The van der Waals surface area contributed by atoms with Crippen LogP contribution in [0.25, 0.3) is 17.1 Å². The van der Waals surface area contributed by atoms with E-state index in [2.05, 4.69) is 63.0 Å². The maximum Gasteiger partial charge on any atom is 0.171 e. The minimum absolute atomic E-state index is 0.0571. The third-order valence-electron chi connectivity index (χ3n) is 7.46. The average molecular weight is 382 g/mol. The zero-order chi connectivity index (χ0) is 20.2. The molecule has 5 rings (SSSR count). The Morgan fingerprint density at radius 2 is 1.72 bits per heavy atom. The van der Waals surface area contributed by atoms with Gasteiger partial charge in [-0.2, -0.15) is 0 Å². The number of hydrogen-bond donors (Lipinski definition) is 0. The lowest BCUT2D eigenvalue weighted by atomic mass is 9.70. The summed E-state index contributed by atoms with van der Waals surface area (Å²) >= 11 is 0. The molecule has 1 aromatic heterocycles. The lowest BCUT2D eigenvalue weighted by molar-refractivity contribution is 0.203. The number of aliphatic imine (C=N–C) groups is 1. The quantitative estimate of drug-likeness (QED) is 0.505. The van der Waals surface area contributed by atoms with E-state index in [0.717, 1.165) is 11.0 Å². The molecule has 3 heteroatoms. The van der Waals surface area contributed by atoms with Crippen LogP contribution < -0.4 is 0 Å². The molecule has 0 N–H and O–H groups in total. The highest BCUT2D eigenvalue weighted by atomic mass is 15.0. The van der Waals surface area contributed by atoms with Gasteiger partial charge < -0.3 is 0 Å².